The molecule has 6 rings (SSSR count). The molecule has 30 heavy (non-hydrogen) atoms. The smallest absolute Gasteiger partial charge is 0.0465 e. The van der Waals surface area contributed by atoms with Gasteiger partial charge in [-0.3, -0.25) is 0 Å². The van der Waals surface area contributed by atoms with Crippen LogP contribution in [0, 0.1) is 27.7 Å². The van der Waals surface area contributed by atoms with Crippen molar-refractivity contribution < 1.29 is 0 Å². The van der Waals surface area contributed by atoms with Crippen LogP contribution in [-0.4, -0.2) is 9.97 Å². The summed E-state index contributed by atoms with van der Waals surface area (Å²) in [6.07, 6.45) is 0. The SMILES string of the molecule is Cc1ccc2[nH]c3ccc(C)cc3c2c1.Cc1ccc2[nH]c3ccc(C)cc3c2c1. The summed E-state index contributed by atoms with van der Waals surface area (Å²) in [6, 6.07) is 26.2. The lowest BCUT2D eigenvalue weighted by Gasteiger charge is -1.94. The molecule has 0 bridgehead atoms. The number of aromatic amines is 2. The zero-order valence-electron chi connectivity index (χ0n) is 17.9. The summed E-state index contributed by atoms with van der Waals surface area (Å²) >= 11 is 0. The highest BCUT2D eigenvalue weighted by Gasteiger charge is 2.04. The molecule has 0 saturated heterocycles. The van der Waals surface area contributed by atoms with Gasteiger partial charge < -0.3 is 9.97 Å². The first-order valence-electron chi connectivity index (χ1n) is 10.5. The molecule has 0 aliphatic heterocycles. The van der Waals surface area contributed by atoms with Crippen molar-refractivity contribution in [2.45, 2.75) is 27.7 Å². The molecule has 2 heterocycles. The van der Waals surface area contributed by atoms with E-state index >= 15 is 0 Å². The normalized spacial score (nSPS) is 11.3. The molecule has 2 heteroatoms. The van der Waals surface area contributed by atoms with Crippen LogP contribution < -0.4 is 0 Å². The number of hydrogen-bond donors (Lipinski definition) is 2. The first-order chi connectivity index (χ1) is 14.5. The topological polar surface area (TPSA) is 31.6 Å². The van der Waals surface area contributed by atoms with Gasteiger partial charge in [0.25, 0.3) is 0 Å². The summed E-state index contributed by atoms with van der Waals surface area (Å²) in [7, 11) is 0. The number of aryl methyl sites for hydroxylation is 4. The summed E-state index contributed by atoms with van der Waals surface area (Å²) in [5.41, 5.74) is 10.1. The van der Waals surface area contributed by atoms with E-state index in [1.807, 2.05) is 0 Å². The van der Waals surface area contributed by atoms with Gasteiger partial charge in [-0.05, 0) is 76.2 Å². The van der Waals surface area contributed by atoms with E-state index in [0.717, 1.165) is 0 Å². The molecular formula is C28H26N2. The second kappa shape index (κ2) is 7.07. The highest BCUT2D eigenvalue weighted by Crippen LogP contribution is 2.27. The number of H-pyrrole nitrogens is 2. The molecule has 2 N–H and O–H groups in total. The Morgan fingerprint density at radius 1 is 0.367 bits per heavy atom. The third kappa shape index (κ3) is 3.25. The third-order valence-electron chi connectivity index (χ3n) is 5.82. The lowest BCUT2D eigenvalue weighted by Crippen LogP contribution is -1.72. The first-order valence-corrected chi connectivity index (χ1v) is 10.5. The van der Waals surface area contributed by atoms with Gasteiger partial charge in [0.2, 0.25) is 0 Å². The van der Waals surface area contributed by atoms with Crippen molar-refractivity contribution in [3.05, 3.63) is 95.1 Å². The maximum absolute atomic E-state index is 3.43. The number of hydrogen-bond acceptors (Lipinski definition) is 0. The Kier molecular flexibility index (Phi) is 4.36. The summed E-state index contributed by atoms with van der Waals surface area (Å²) in [4.78, 5) is 6.86. The maximum Gasteiger partial charge on any atom is 0.0465 e. The number of fused-ring (bicyclic) bond motifs is 6. The molecule has 0 fully saturated rings. The molecular weight excluding hydrogens is 364 g/mol. The van der Waals surface area contributed by atoms with Crippen LogP contribution in [0.2, 0.25) is 0 Å². The largest absolute Gasteiger partial charge is 0.355 e. The van der Waals surface area contributed by atoms with Gasteiger partial charge in [0, 0.05) is 43.6 Å². The lowest BCUT2D eigenvalue weighted by atomic mass is 10.1. The molecule has 0 aliphatic rings. The van der Waals surface area contributed by atoms with Crippen LogP contribution in [0.15, 0.2) is 72.8 Å². The average molecular weight is 391 g/mol. The van der Waals surface area contributed by atoms with Crippen LogP contribution in [0.3, 0.4) is 0 Å². The second-order valence-corrected chi connectivity index (χ2v) is 8.45. The molecule has 0 unspecified atom stereocenters. The van der Waals surface area contributed by atoms with Crippen molar-refractivity contribution in [3.63, 3.8) is 0 Å². The molecule has 0 aliphatic carbocycles. The van der Waals surface area contributed by atoms with Gasteiger partial charge in [0.05, 0.1) is 0 Å². The summed E-state index contributed by atoms with van der Waals surface area (Å²) < 4.78 is 0. The standard InChI is InChI=1S/2C14H13N/c2*1-9-3-5-13-11(7-9)12-8-10(2)4-6-14(12)15-13/h2*3-8,15H,1-2H3. The van der Waals surface area contributed by atoms with E-state index in [9.17, 15) is 0 Å². The molecule has 0 radical (unpaired) electrons. The van der Waals surface area contributed by atoms with Crippen LogP contribution in [0.4, 0.5) is 0 Å². The fourth-order valence-corrected chi connectivity index (χ4v) is 4.25. The van der Waals surface area contributed by atoms with Crippen molar-refractivity contribution in [3.8, 4) is 0 Å². The number of nitrogens with one attached hydrogen (secondary N) is 2. The molecule has 0 atom stereocenters. The predicted octanol–water partition coefficient (Wildman–Crippen LogP) is 7.88. The van der Waals surface area contributed by atoms with E-state index in [1.165, 1.54) is 65.9 Å². The molecule has 4 aromatic carbocycles. The minimum absolute atomic E-state index is 1.22. The van der Waals surface area contributed by atoms with Crippen molar-refractivity contribution in [1.29, 1.82) is 0 Å². The minimum atomic E-state index is 1.22. The van der Waals surface area contributed by atoms with E-state index in [0.29, 0.717) is 0 Å². The van der Waals surface area contributed by atoms with E-state index in [4.69, 9.17) is 0 Å². The van der Waals surface area contributed by atoms with E-state index in [2.05, 4.69) is 110 Å². The van der Waals surface area contributed by atoms with Gasteiger partial charge in [0.15, 0.2) is 0 Å². The molecule has 2 aromatic heterocycles. The second-order valence-electron chi connectivity index (χ2n) is 8.45. The van der Waals surface area contributed by atoms with Crippen LogP contribution in [0.1, 0.15) is 22.3 Å². The highest BCUT2D eigenvalue weighted by atomic mass is 14.7. The van der Waals surface area contributed by atoms with Gasteiger partial charge in [0.1, 0.15) is 0 Å². The van der Waals surface area contributed by atoms with E-state index in [1.54, 1.807) is 0 Å². The van der Waals surface area contributed by atoms with Gasteiger partial charge >= 0.3 is 0 Å². The van der Waals surface area contributed by atoms with E-state index < -0.39 is 0 Å². The molecule has 148 valence electrons. The van der Waals surface area contributed by atoms with Crippen molar-refractivity contribution in [2.24, 2.45) is 0 Å². The zero-order chi connectivity index (χ0) is 20.8. The maximum atomic E-state index is 3.43. The number of aromatic nitrogens is 2. The van der Waals surface area contributed by atoms with Crippen LogP contribution in [-0.2, 0) is 0 Å². The summed E-state index contributed by atoms with van der Waals surface area (Å²) in [6.45, 7) is 8.53. The predicted molar refractivity (Wildman–Crippen MR) is 131 cm³/mol. The molecule has 2 nitrogen and oxygen atoms in total. The van der Waals surface area contributed by atoms with Crippen molar-refractivity contribution in [1.82, 2.24) is 9.97 Å². The Labute approximate surface area is 176 Å². The van der Waals surface area contributed by atoms with Crippen LogP contribution in [0.5, 0.6) is 0 Å². The molecule has 0 spiro atoms. The Morgan fingerprint density at radius 2 is 0.600 bits per heavy atom. The van der Waals surface area contributed by atoms with Gasteiger partial charge in [-0.1, -0.05) is 46.5 Å². The lowest BCUT2D eigenvalue weighted by molar-refractivity contribution is 1.48. The monoisotopic (exact) mass is 390 g/mol. The van der Waals surface area contributed by atoms with Gasteiger partial charge in [-0.2, -0.15) is 0 Å². The number of rotatable bonds is 0. The van der Waals surface area contributed by atoms with Gasteiger partial charge in [-0.25, -0.2) is 0 Å². The summed E-state index contributed by atoms with van der Waals surface area (Å²) in [5, 5.41) is 5.31. The van der Waals surface area contributed by atoms with Crippen molar-refractivity contribution in [2.75, 3.05) is 0 Å². The Morgan fingerprint density at radius 3 is 0.833 bits per heavy atom. The average Bonchev–Trinajstić information content (AvgIpc) is 3.26. The highest BCUT2D eigenvalue weighted by molar-refractivity contribution is 6.08. The van der Waals surface area contributed by atoms with Crippen molar-refractivity contribution >= 4 is 43.6 Å². The van der Waals surface area contributed by atoms with Gasteiger partial charge in [-0.15, -0.1) is 0 Å². The first kappa shape index (κ1) is 18.5. The van der Waals surface area contributed by atoms with Crippen LogP contribution in [0.25, 0.3) is 43.6 Å². The summed E-state index contributed by atoms with van der Waals surface area (Å²) in [5.74, 6) is 0. The fourth-order valence-electron chi connectivity index (χ4n) is 4.25. The third-order valence-corrected chi connectivity index (χ3v) is 5.82. The quantitative estimate of drug-likeness (QED) is 0.264. The Hall–Kier alpha value is -3.52. The molecule has 6 aromatic rings. The minimum Gasteiger partial charge on any atom is -0.355 e. The Balaban J connectivity index is 0.000000128. The molecule has 0 saturated carbocycles. The Bertz CT molecular complexity index is 1300. The molecule has 0 amide bonds. The van der Waals surface area contributed by atoms with E-state index in [-0.39, 0.29) is 0 Å². The van der Waals surface area contributed by atoms with Crippen LogP contribution >= 0.6 is 0 Å². The zero-order valence-corrected chi connectivity index (χ0v) is 17.9. The number of benzene rings is 4. The fraction of sp³-hybridized carbons (Fsp3) is 0.143.